The van der Waals surface area contributed by atoms with Gasteiger partial charge in [-0.3, -0.25) is 4.79 Å². The molecule has 3 rings (SSSR count). The standard InChI is InChI=1S/C27H27ClFNO6S/c1-4-9-22(31)30-26-23(27(33)35-6-3)24(32)21(37-26)14-16-12-18(28)25(20(13-16)34-5-2)36-15-17-10-7-8-11-19(17)29/h7-8,10-14,32H,4-6,9,15H2,1-3H3/b21-14-,30-26?. The molecule has 1 amide bonds. The summed E-state index contributed by atoms with van der Waals surface area (Å²) in [6.45, 7) is 5.63. The number of aliphatic imine (C=N–C) groups is 1. The van der Waals surface area contributed by atoms with E-state index in [1.165, 1.54) is 6.07 Å². The molecule has 7 nitrogen and oxygen atoms in total. The largest absolute Gasteiger partial charge is 0.506 e. The number of benzene rings is 2. The molecule has 196 valence electrons. The molecule has 0 bridgehead atoms. The fraction of sp³-hybridized carbons (Fsp3) is 0.296. The summed E-state index contributed by atoms with van der Waals surface area (Å²) in [6, 6.07) is 9.49. The molecule has 0 saturated heterocycles. The second-order valence-electron chi connectivity index (χ2n) is 7.76. The van der Waals surface area contributed by atoms with Crippen LogP contribution in [0.15, 0.2) is 57.6 Å². The number of hydrogen-bond donors (Lipinski definition) is 1. The predicted molar refractivity (Wildman–Crippen MR) is 143 cm³/mol. The van der Waals surface area contributed by atoms with Crippen molar-refractivity contribution in [3.63, 3.8) is 0 Å². The molecule has 2 aromatic rings. The van der Waals surface area contributed by atoms with E-state index in [-0.39, 0.29) is 51.7 Å². The second kappa shape index (κ2) is 13.3. The molecule has 37 heavy (non-hydrogen) atoms. The molecular formula is C27H27ClFNO6S. The zero-order valence-electron chi connectivity index (χ0n) is 20.7. The van der Waals surface area contributed by atoms with Crippen LogP contribution in [-0.2, 0) is 20.9 Å². The van der Waals surface area contributed by atoms with E-state index in [9.17, 15) is 19.1 Å². The Balaban J connectivity index is 1.97. The minimum Gasteiger partial charge on any atom is -0.506 e. The summed E-state index contributed by atoms with van der Waals surface area (Å²) in [4.78, 5) is 28.9. The van der Waals surface area contributed by atoms with Crippen molar-refractivity contribution in [1.29, 1.82) is 0 Å². The summed E-state index contributed by atoms with van der Waals surface area (Å²) in [5.74, 6) is -1.36. The molecule has 0 fully saturated rings. The number of carbonyl (C=O) groups excluding carboxylic acids is 2. The highest BCUT2D eigenvalue weighted by Gasteiger charge is 2.33. The number of aliphatic hydroxyl groups excluding tert-OH is 1. The van der Waals surface area contributed by atoms with Crippen molar-refractivity contribution in [3.8, 4) is 11.5 Å². The van der Waals surface area contributed by atoms with Gasteiger partial charge in [0, 0.05) is 12.0 Å². The van der Waals surface area contributed by atoms with Crippen molar-refractivity contribution in [2.45, 2.75) is 40.2 Å². The Bertz CT molecular complexity index is 1270. The molecule has 0 unspecified atom stereocenters. The number of hydrogen-bond acceptors (Lipinski definition) is 7. The van der Waals surface area contributed by atoms with Crippen LogP contribution >= 0.6 is 23.4 Å². The monoisotopic (exact) mass is 547 g/mol. The van der Waals surface area contributed by atoms with Crippen molar-refractivity contribution < 1.29 is 33.3 Å². The molecule has 2 aromatic carbocycles. The summed E-state index contributed by atoms with van der Waals surface area (Å²) < 4.78 is 30.6. The number of esters is 1. The Hall–Kier alpha value is -3.30. The van der Waals surface area contributed by atoms with Gasteiger partial charge in [-0.2, -0.15) is 0 Å². The first-order valence-corrected chi connectivity index (χ1v) is 12.9. The fourth-order valence-corrected chi connectivity index (χ4v) is 4.67. The maximum absolute atomic E-state index is 14.0. The number of carbonyl (C=O) groups is 2. The summed E-state index contributed by atoms with van der Waals surface area (Å²) in [5.41, 5.74) is 0.731. The van der Waals surface area contributed by atoms with Crippen LogP contribution in [0.4, 0.5) is 4.39 Å². The van der Waals surface area contributed by atoms with Crippen LogP contribution in [0.3, 0.4) is 0 Å². The van der Waals surface area contributed by atoms with E-state index in [2.05, 4.69) is 4.99 Å². The van der Waals surface area contributed by atoms with Gasteiger partial charge in [0.25, 0.3) is 0 Å². The first-order valence-electron chi connectivity index (χ1n) is 11.7. The average Bonchev–Trinajstić information content (AvgIpc) is 3.14. The summed E-state index contributed by atoms with van der Waals surface area (Å²) in [7, 11) is 0. The Labute approximate surface area is 224 Å². The molecule has 10 heteroatoms. The number of aliphatic hydroxyl groups is 1. The van der Waals surface area contributed by atoms with Crippen LogP contribution in [0.1, 0.15) is 44.7 Å². The van der Waals surface area contributed by atoms with Crippen molar-refractivity contribution >= 4 is 46.4 Å². The first-order chi connectivity index (χ1) is 17.8. The average molecular weight is 548 g/mol. The molecule has 0 aromatic heterocycles. The van der Waals surface area contributed by atoms with Gasteiger partial charge in [0.05, 0.1) is 23.1 Å². The minimum atomic E-state index is -0.774. The number of rotatable bonds is 10. The molecule has 1 aliphatic heterocycles. The molecule has 0 saturated carbocycles. The summed E-state index contributed by atoms with van der Waals surface area (Å²) in [5, 5.41) is 11.1. The maximum atomic E-state index is 14.0. The van der Waals surface area contributed by atoms with Crippen LogP contribution < -0.4 is 9.47 Å². The highest BCUT2D eigenvalue weighted by atomic mass is 35.5. The third-order valence-corrected chi connectivity index (χ3v) is 6.32. The number of thioether (sulfide) groups is 1. The van der Waals surface area contributed by atoms with E-state index in [0.717, 1.165) is 11.8 Å². The Morgan fingerprint density at radius 3 is 2.57 bits per heavy atom. The van der Waals surface area contributed by atoms with Gasteiger partial charge in [-0.15, -0.1) is 0 Å². The van der Waals surface area contributed by atoms with Crippen molar-refractivity contribution in [1.82, 2.24) is 0 Å². The Morgan fingerprint density at radius 1 is 1.14 bits per heavy atom. The lowest BCUT2D eigenvalue weighted by Gasteiger charge is -2.15. The van der Waals surface area contributed by atoms with Gasteiger partial charge in [0.2, 0.25) is 5.91 Å². The number of nitrogens with zero attached hydrogens (tertiary/aromatic N) is 1. The smallest absolute Gasteiger partial charge is 0.344 e. The van der Waals surface area contributed by atoms with Crippen LogP contribution in [-0.4, -0.2) is 35.2 Å². The van der Waals surface area contributed by atoms with Gasteiger partial charge < -0.3 is 19.3 Å². The molecule has 0 atom stereocenters. The van der Waals surface area contributed by atoms with Crippen molar-refractivity contribution in [2.75, 3.05) is 13.2 Å². The quantitative estimate of drug-likeness (QED) is 0.333. The lowest BCUT2D eigenvalue weighted by molar-refractivity contribution is -0.138. The number of amides is 1. The predicted octanol–water partition coefficient (Wildman–Crippen LogP) is 6.64. The Kier molecular flexibility index (Phi) is 10.2. The van der Waals surface area contributed by atoms with E-state index in [0.29, 0.717) is 29.9 Å². The fourth-order valence-electron chi connectivity index (χ4n) is 3.37. The normalized spacial score (nSPS) is 15.4. The topological polar surface area (TPSA) is 94.4 Å². The molecule has 0 spiro atoms. The lowest BCUT2D eigenvalue weighted by atomic mass is 10.1. The first kappa shape index (κ1) is 28.3. The molecule has 1 heterocycles. The summed E-state index contributed by atoms with van der Waals surface area (Å²) >= 11 is 7.48. The number of ether oxygens (including phenoxy) is 3. The maximum Gasteiger partial charge on any atom is 0.344 e. The van der Waals surface area contributed by atoms with Gasteiger partial charge in [-0.05, 0) is 50.1 Å². The van der Waals surface area contributed by atoms with Gasteiger partial charge in [0.1, 0.15) is 28.8 Å². The van der Waals surface area contributed by atoms with E-state index in [1.54, 1.807) is 50.3 Å². The van der Waals surface area contributed by atoms with E-state index in [1.807, 2.05) is 6.92 Å². The SMILES string of the molecule is CCCC(=O)N=C1S/C(=C\c2cc(Cl)c(OCc3ccccc3F)c(OCC)c2)C(O)=C1C(=O)OCC. The van der Waals surface area contributed by atoms with Gasteiger partial charge in [-0.1, -0.05) is 48.5 Å². The van der Waals surface area contributed by atoms with Crippen LogP contribution in [0.25, 0.3) is 6.08 Å². The number of halogens is 2. The van der Waals surface area contributed by atoms with Gasteiger partial charge in [0.15, 0.2) is 11.5 Å². The third kappa shape index (κ3) is 7.14. The molecule has 0 aliphatic carbocycles. The van der Waals surface area contributed by atoms with Crippen molar-refractivity contribution in [2.24, 2.45) is 4.99 Å². The summed E-state index contributed by atoms with van der Waals surface area (Å²) in [6.07, 6.45) is 2.39. The second-order valence-corrected chi connectivity index (χ2v) is 9.20. The van der Waals surface area contributed by atoms with Gasteiger partial charge in [-0.25, -0.2) is 14.2 Å². The molecule has 0 radical (unpaired) electrons. The zero-order valence-corrected chi connectivity index (χ0v) is 22.2. The molecule has 1 aliphatic rings. The van der Waals surface area contributed by atoms with Crippen LogP contribution in [0.5, 0.6) is 11.5 Å². The molecule has 1 N–H and O–H groups in total. The van der Waals surface area contributed by atoms with Crippen LogP contribution in [0, 0.1) is 5.82 Å². The minimum absolute atomic E-state index is 0.0548. The van der Waals surface area contributed by atoms with Crippen LogP contribution in [0.2, 0.25) is 5.02 Å². The highest BCUT2D eigenvalue weighted by molar-refractivity contribution is 8.18. The van der Waals surface area contributed by atoms with Gasteiger partial charge >= 0.3 is 5.97 Å². The highest BCUT2D eigenvalue weighted by Crippen LogP contribution is 2.42. The van der Waals surface area contributed by atoms with E-state index >= 15 is 0 Å². The Morgan fingerprint density at radius 2 is 1.89 bits per heavy atom. The molecular weight excluding hydrogens is 521 g/mol. The zero-order chi connectivity index (χ0) is 26.9. The third-order valence-electron chi connectivity index (χ3n) is 5.02. The lowest BCUT2D eigenvalue weighted by Crippen LogP contribution is -2.14. The van der Waals surface area contributed by atoms with Crippen molar-refractivity contribution in [3.05, 3.63) is 74.6 Å². The van der Waals surface area contributed by atoms with E-state index in [4.69, 9.17) is 25.8 Å². The van der Waals surface area contributed by atoms with E-state index < -0.39 is 17.7 Å².